The first-order valence-corrected chi connectivity index (χ1v) is 7.08. The van der Waals surface area contributed by atoms with Crippen molar-refractivity contribution < 1.29 is 14.1 Å². The highest BCUT2D eigenvalue weighted by atomic mass is 31.2. The van der Waals surface area contributed by atoms with E-state index in [1.54, 1.807) is 26.3 Å². The maximum Gasteiger partial charge on any atom is 0.330 e. The number of carbonyl (C=O) groups is 1. The molecule has 3 nitrogen and oxygen atoms in total. The summed E-state index contributed by atoms with van der Waals surface area (Å²) < 4.78 is 16.1. The molecule has 0 aliphatic heterocycles. The van der Waals surface area contributed by atoms with E-state index < -0.39 is 7.14 Å². The number of allylic oxidation sites excluding steroid dienone is 1. The molecule has 0 aromatic heterocycles. The fourth-order valence-electron chi connectivity index (χ4n) is 0.802. The Morgan fingerprint density at radius 1 is 1.46 bits per heavy atom. The molecule has 0 bridgehead atoms. The molecule has 0 aliphatic rings. The van der Waals surface area contributed by atoms with Crippen LogP contribution in [0.5, 0.6) is 0 Å². The lowest BCUT2D eigenvalue weighted by atomic mass is 10.5. The smallest absolute Gasteiger partial charge is 0.330 e. The second-order valence-electron chi connectivity index (χ2n) is 3.32. The first kappa shape index (κ1) is 12.4. The minimum Gasteiger partial charge on any atom is -0.463 e. The highest BCUT2D eigenvalue weighted by Gasteiger charge is 2.06. The van der Waals surface area contributed by atoms with Gasteiger partial charge in [-0.3, -0.25) is 0 Å². The van der Waals surface area contributed by atoms with E-state index in [4.69, 9.17) is 4.74 Å². The lowest BCUT2D eigenvalue weighted by Crippen LogP contribution is -2.03. The molecule has 0 fully saturated rings. The van der Waals surface area contributed by atoms with Gasteiger partial charge in [-0.05, 0) is 26.7 Å². The number of ether oxygens (including phenoxy) is 1. The number of esters is 1. The Morgan fingerprint density at radius 2 is 2.08 bits per heavy atom. The van der Waals surface area contributed by atoms with Gasteiger partial charge < -0.3 is 9.30 Å². The zero-order valence-corrected chi connectivity index (χ0v) is 9.34. The summed E-state index contributed by atoms with van der Waals surface area (Å²) in [5.74, 6) is -0.329. The van der Waals surface area contributed by atoms with Gasteiger partial charge in [0.2, 0.25) is 0 Å². The molecule has 0 spiro atoms. The molecule has 0 N–H and O–H groups in total. The molecule has 0 aliphatic carbocycles. The van der Waals surface area contributed by atoms with Gasteiger partial charge in [-0.25, -0.2) is 4.79 Å². The van der Waals surface area contributed by atoms with Gasteiger partial charge in [-0.2, -0.15) is 0 Å². The van der Waals surface area contributed by atoms with Crippen molar-refractivity contribution in [1.29, 1.82) is 0 Å². The van der Waals surface area contributed by atoms with Crippen LogP contribution in [-0.2, 0) is 14.1 Å². The summed E-state index contributed by atoms with van der Waals surface area (Å²) >= 11 is 0. The van der Waals surface area contributed by atoms with E-state index in [-0.39, 0.29) is 5.97 Å². The van der Waals surface area contributed by atoms with E-state index in [0.717, 1.165) is 0 Å². The molecule has 0 rings (SSSR count). The van der Waals surface area contributed by atoms with E-state index in [2.05, 4.69) is 0 Å². The Hall–Kier alpha value is -0.560. The van der Waals surface area contributed by atoms with E-state index >= 15 is 0 Å². The molecule has 13 heavy (non-hydrogen) atoms. The third-order valence-corrected chi connectivity index (χ3v) is 2.78. The van der Waals surface area contributed by atoms with Crippen molar-refractivity contribution in [2.75, 3.05) is 26.1 Å². The minimum absolute atomic E-state index is 0.329. The Kier molecular flexibility index (Phi) is 5.72. The fraction of sp³-hybridized carbons (Fsp3) is 0.667. The Labute approximate surface area is 79.5 Å². The number of carbonyl (C=O) groups excluding carboxylic acids is 1. The third kappa shape index (κ3) is 9.35. The van der Waals surface area contributed by atoms with Crippen molar-refractivity contribution in [3.63, 3.8) is 0 Å². The summed E-state index contributed by atoms with van der Waals surface area (Å²) in [6.07, 6.45) is 4.31. The molecule has 4 heteroatoms. The van der Waals surface area contributed by atoms with Crippen LogP contribution in [0.2, 0.25) is 0 Å². The molecule has 0 saturated heterocycles. The number of rotatable bonds is 5. The molecular weight excluding hydrogens is 187 g/mol. The average Bonchev–Trinajstić information content (AvgIpc) is 1.97. The van der Waals surface area contributed by atoms with Gasteiger partial charge in [-0.15, -0.1) is 0 Å². The fourth-order valence-corrected chi connectivity index (χ4v) is 1.69. The summed E-state index contributed by atoms with van der Waals surface area (Å²) in [6.45, 7) is 5.59. The van der Waals surface area contributed by atoms with Crippen LogP contribution >= 0.6 is 7.14 Å². The van der Waals surface area contributed by atoms with Crippen LogP contribution in [0.3, 0.4) is 0 Å². The molecule has 76 valence electrons. The van der Waals surface area contributed by atoms with Crippen molar-refractivity contribution in [2.24, 2.45) is 0 Å². The summed E-state index contributed by atoms with van der Waals surface area (Å²) in [5.41, 5.74) is 0. The molecule has 0 saturated carbocycles. The second kappa shape index (κ2) is 5.98. The van der Waals surface area contributed by atoms with Gasteiger partial charge in [0.1, 0.15) is 0 Å². The van der Waals surface area contributed by atoms with Crippen LogP contribution in [-0.4, -0.2) is 32.1 Å². The lowest BCUT2D eigenvalue weighted by molar-refractivity contribution is -0.137. The monoisotopic (exact) mass is 204 g/mol. The predicted octanol–water partition coefficient (Wildman–Crippen LogP) is 2.12. The molecule has 0 amide bonds. The van der Waals surface area contributed by atoms with Gasteiger partial charge in [-0.1, -0.05) is 6.08 Å². The molecule has 0 aromatic rings. The highest BCUT2D eigenvalue weighted by Crippen LogP contribution is 2.36. The van der Waals surface area contributed by atoms with E-state index in [1.165, 1.54) is 6.08 Å². The van der Waals surface area contributed by atoms with Crippen LogP contribution < -0.4 is 0 Å². The van der Waals surface area contributed by atoms with Crippen molar-refractivity contribution in [3.05, 3.63) is 12.2 Å². The highest BCUT2D eigenvalue weighted by molar-refractivity contribution is 7.62. The van der Waals surface area contributed by atoms with Gasteiger partial charge >= 0.3 is 5.97 Å². The molecule has 0 radical (unpaired) electrons. The van der Waals surface area contributed by atoms with Crippen LogP contribution in [0, 0.1) is 0 Å². The lowest BCUT2D eigenvalue weighted by Gasteiger charge is -2.05. The van der Waals surface area contributed by atoms with E-state index in [9.17, 15) is 9.36 Å². The molecule has 0 heterocycles. The van der Waals surface area contributed by atoms with Crippen LogP contribution in [0.15, 0.2) is 12.2 Å². The largest absolute Gasteiger partial charge is 0.463 e. The van der Waals surface area contributed by atoms with Crippen LogP contribution in [0.1, 0.15) is 13.3 Å². The van der Waals surface area contributed by atoms with Crippen LogP contribution in [0.4, 0.5) is 0 Å². The molecular formula is C9H17O3P. The zero-order chi connectivity index (χ0) is 10.3. The van der Waals surface area contributed by atoms with Gasteiger partial charge in [0, 0.05) is 12.2 Å². The van der Waals surface area contributed by atoms with Crippen molar-refractivity contribution in [3.8, 4) is 0 Å². The normalized spacial score (nSPS) is 11.9. The van der Waals surface area contributed by atoms with Crippen molar-refractivity contribution in [1.82, 2.24) is 0 Å². The third-order valence-electron chi connectivity index (χ3n) is 1.39. The van der Waals surface area contributed by atoms with Crippen molar-refractivity contribution >= 4 is 13.1 Å². The summed E-state index contributed by atoms with van der Waals surface area (Å²) in [5, 5.41) is 0. The van der Waals surface area contributed by atoms with Crippen LogP contribution in [0.25, 0.3) is 0 Å². The number of hydrogen-bond acceptors (Lipinski definition) is 3. The predicted molar refractivity (Wildman–Crippen MR) is 54.7 cm³/mol. The molecule has 0 unspecified atom stereocenters. The summed E-state index contributed by atoms with van der Waals surface area (Å²) in [6, 6.07) is 0. The quantitative estimate of drug-likeness (QED) is 0.298. The summed E-state index contributed by atoms with van der Waals surface area (Å²) in [7, 11) is -1.95. The molecule has 0 aromatic carbocycles. The average molecular weight is 204 g/mol. The first-order valence-electron chi connectivity index (χ1n) is 4.29. The first-order chi connectivity index (χ1) is 5.95. The second-order valence-corrected chi connectivity index (χ2v) is 6.91. The Bertz CT molecular complexity index is 227. The van der Waals surface area contributed by atoms with Gasteiger partial charge in [0.25, 0.3) is 0 Å². The Morgan fingerprint density at radius 3 is 2.54 bits per heavy atom. The van der Waals surface area contributed by atoms with Gasteiger partial charge in [0.15, 0.2) is 0 Å². The van der Waals surface area contributed by atoms with E-state index in [0.29, 0.717) is 19.2 Å². The zero-order valence-electron chi connectivity index (χ0n) is 8.45. The topological polar surface area (TPSA) is 43.4 Å². The maximum atomic E-state index is 11.2. The van der Waals surface area contributed by atoms with Crippen molar-refractivity contribution in [2.45, 2.75) is 13.3 Å². The Balaban J connectivity index is 3.47. The minimum atomic E-state index is -1.95. The number of hydrogen-bond donors (Lipinski definition) is 0. The summed E-state index contributed by atoms with van der Waals surface area (Å²) in [4.78, 5) is 10.8. The standard InChI is InChI=1S/C9H17O3P/c1-4-6-9(10)12-7-5-8-13(2,3)11/h4,6H,5,7-8H2,1-3H3. The van der Waals surface area contributed by atoms with Gasteiger partial charge in [0.05, 0.1) is 13.7 Å². The molecule has 0 atom stereocenters. The SMILES string of the molecule is CC=CC(=O)OCCCP(C)(C)=O. The van der Waals surface area contributed by atoms with E-state index in [1.807, 2.05) is 0 Å². The maximum absolute atomic E-state index is 11.2.